The van der Waals surface area contributed by atoms with Crippen molar-refractivity contribution in [1.29, 1.82) is 0 Å². The zero-order valence-electron chi connectivity index (χ0n) is 10.9. The Morgan fingerprint density at radius 1 is 1.29 bits per heavy atom. The predicted molar refractivity (Wildman–Crippen MR) is 73.0 cm³/mol. The van der Waals surface area contributed by atoms with Gasteiger partial charge in [-0.3, -0.25) is 4.90 Å². The fraction of sp³-hybridized carbons (Fsp3) is 0.600. The minimum absolute atomic E-state index is 0.701. The van der Waals surface area contributed by atoms with Gasteiger partial charge in [0.2, 0.25) is 0 Å². The number of nitrogens with one attached hydrogen (secondary N) is 1. The van der Waals surface area contributed by atoms with E-state index in [-0.39, 0.29) is 0 Å². The van der Waals surface area contributed by atoms with Gasteiger partial charge in [0.05, 0.1) is 0 Å². The Hall–Kier alpha value is -0.860. The molecule has 1 N–H and O–H groups in total. The van der Waals surface area contributed by atoms with Crippen LogP contribution in [0.15, 0.2) is 30.3 Å². The summed E-state index contributed by atoms with van der Waals surface area (Å²) < 4.78 is 0. The van der Waals surface area contributed by atoms with Gasteiger partial charge in [-0.2, -0.15) is 0 Å². The standard InChI is InChI=1S/C15H24N2/c1-2-10-16-15-9-6-11-17(13-15)12-14-7-4-3-5-8-14/h3-5,7-8,15-16H,2,6,9-13H2,1H3/t15-/m1/s1. The van der Waals surface area contributed by atoms with E-state index in [1.807, 2.05) is 0 Å². The summed E-state index contributed by atoms with van der Waals surface area (Å²) in [7, 11) is 0. The van der Waals surface area contributed by atoms with Crippen LogP contribution in [0.1, 0.15) is 31.7 Å². The molecule has 1 saturated heterocycles. The van der Waals surface area contributed by atoms with E-state index in [0.29, 0.717) is 6.04 Å². The van der Waals surface area contributed by atoms with Crippen LogP contribution in [0.5, 0.6) is 0 Å². The summed E-state index contributed by atoms with van der Waals surface area (Å²) in [6.07, 6.45) is 3.90. The maximum absolute atomic E-state index is 3.65. The van der Waals surface area contributed by atoms with Crippen molar-refractivity contribution in [1.82, 2.24) is 10.2 Å². The number of hydrogen-bond acceptors (Lipinski definition) is 2. The Balaban J connectivity index is 1.81. The van der Waals surface area contributed by atoms with Gasteiger partial charge in [-0.15, -0.1) is 0 Å². The van der Waals surface area contributed by atoms with E-state index in [9.17, 15) is 0 Å². The van der Waals surface area contributed by atoms with Gasteiger partial charge in [0.15, 0.2) is 0 Å². The summed E-state index contributed by atoms with van der Waals surface area (Å²) in [5.74, 6) is 0. The van der Waals surface area contributed by atoms with E-state index >= 15 is 0 Å². The summed E-state index contributed by atoms with van der Waals surface area (Å²) in [5, 5.41) is 3.65. The van der Waals surface area contributed by atoms with Crippen molar-refractivity contribution in [2.75, 3.05) is 19.6 Å². The van der Waals surface area contributed by atoms with Gasteiger partial charge in [-0.1, -0.05) is 37.3 Å². The van der Waals surface area contributed by atoms with Gasteiger partial charge in [0, 0.05) is 19.1 Å². The molecule has 1 fully saturated rings. The van der Waals surface area contributed by atoms with E-state index in [0.717, 1.165) is 13.1 Å². The zero-order valence-corrected chi connectivity index (χ0v) is 10.9. The molecule has 0 saturated carbocycles. The number of hydrogen-bond donors (Lipinski definition) is 1. The minimum Gasteiger partial charge on any atom is -0.313 e. The highest BCUT2D eigenvalue weighted by molar-refractivity contribution is 5.14. The molecule has 2 nitrogen and oxygen atoms in total. The van der Waals surface area contributed by atoms with Gasteiger partial charge in [0.25, 0.3) is 0 Å². The molecule has 0 spiro atoms. The highest BCUT2D eigenvalue weighted by Crippen LogP contribution is 2.13. The highest BCUT2D eigenvalue weighted by Gasteiger charge is 2.18. The molecular formula is C15H24N2. The van der Waals surface area contributed by atoms with E-state index < -0.39 is 0 Å². The molecule has 1 aromatic carbocycles. The van der Waals surface area contributed by atoms with Crippen molar-refractivity contribution in [2.24, 2.45) is 0 Å². The van der Waals surface area contributed by atoms with Crippen LogP contribution in [0, 0.1) is 0 Å². The van der Waals surface area contributed by atoms with Crippen molar-refractivity contribution < 1.29 is 0 Å². The summed E-state index contributed by atoms with van der Waals surface area (Å²) in [6, 6.07) is 11.5. The van der Waals surface area contributed by atoms with Crippen LogP contribution in [0.2, 0.25) is 0 Å². The fourth-order valence-corrected chi connectivity index (χ4v) is 2.56. The van der Waals surface area contributed by atoms with Gasteiger partial charge >= 0.3 is 0 Å². The van der Waals surface area contributed by atoms with Crippen LogP contribution in [0.4, 0.5) is 0 Å². The Kier molecular flexibility index (Phi) is 5.02. The average molecular weight is 232 g/mol. The Bertz CT molecular complexity index is 310. The fourth-order valence-electron chi connectivity index (χ4n) is 2.56. The largest absolute Gasteiger partial charge is 0.313 e. The topological polar surface area (TPSA) is 15.3 Å². The van der Waals surface area contributed by atoms with Gasteiger partial charge < -0.3 is 5.32 Å². The third-order valence-corrected chi connectivity index (χ3v) is 3.44. The molecule has 1 aromatic rings. The van der Waals surface area contributed by atoms with E-state index in [1.165, 1.54) is 37.9 Å². The Labute approximate surface area is 105 Å². The molecule has 94 valence electrons. The van der Waals surface area contributed by atoms with Crippen molar-refractivity contribution in [3.63, 3.8) is 0 Å². The molecular weight excluding hydrogens is 208 g/mol. The van der Waals surface area contributed by atoms with Crippen LogP contribution < -0.4 is 5.32 Å². The Morgan fingerprint density at radius 2 is 2.12 bits per heavy atom. The number of benzene rings is 1. The first kappa shape index (κ1) is 12.6. The predicted octanol–water partition coefficient (Wildman–Crippen LogP) is 2.65. The molecule has 0 unspecified atom stereocenters. The SMILES string of the molecule is CCCN[C@@H]1CCCN(Cc2ccccc2)C1. The first-order valence-electron chi connectivity index (χ1n) is 6.88. The Morgan fingerprint density at radius 3 is 2.88 bits per heavy atom. The zero-order chi connectivity index (χ0) is 11.9. The molecule has 1 aliphatic rings. The molecule has 0 aliphatic carbocycles. The third-order valence-electron chi connectivity index (χ3n) is 3.44. The van der Waals surface area contributed by atoms with Crippen molar-refractivity contribution in [2.45, 2.75) is 38.8 Å². The smallest absolute Gasteiger partial charge is 0.0234 e. The molecule has 1 aliphatic heterocycles. The van der Waals surface area contributed by atoms with Gasteiger partial charge in [-0.05, 0) is 37.9 Å². The van der Waals surface area contributed by atoms with Crippen molar-refractivity contribution in [3.05, 3.63) is 35.9 Å². The number of piperidine rings is 1. The lowest BCUT2D eigenvalue weighted by molar-refractivity contribution is 0.183. The third kappa shape index (κ3) is 4.14. The van der Waals surface area contributed by atoms with Crippen LogP contribution in [-0.2, 0) is 6.54 Å². The van der Waals surface area contributed by atoms with Gasteiger partial charge in [0.1, 0.15) is 0 Å². The van der Waals surface area contributed by atoms with E-state index in [4.69, 9.17) is 0 Å². The minimum atomic E-state index is 0.701. The van der Waals surface area contributed by atoms with Gasteiger partial charge in [-0.25, -0.2) is 0 Å². The second kappa shape index (κ2) is 6.77. The summed E-state index contributed by atoms with van der Waals surface area (Å²) in [6.45, 7) is 6.95. The number of rotatable bonds is 5. The van der Waals surface area contributed by atoms with E-state index in [2.05, 4.69) is 47.5 Å². The average Bonchev–Trinajstić information content (AvgIpc) is 2.38. The molecule has 0 radical (unpaired) electrons. The molecule has 1 atom stereocenters. The maximum Gasteiger partial charge on any atom is 0.0234 e. The monoisotopic (exact) mass is 232 g/mol. The van der Waals surface area contributed by atoms with Crippen molar-refractivity contribution in [3.8, 4) is 0 Å². The summed E-state index contributed by atoms with van der Waals surface area (Å²) in [5.41, 5.74) is 1.43. The van der Waals surface area contributed by atoms with Crippen LogP contribution in [-0.4, -0.2) is 30.6 Å². The maximum atomic E-state index is 3.65. The van der Waals surface area contributed by atoms with Crippen LogP contribution in [0.3, 0.4) is 0 Å². The summed E-state index contributed by atoms with van der Waals surface area (Å²) >= 11 is 0. The molecule has 0 amide bonds. The number of likely N-dealkylation sites (tertiary alicyclic amines) is 1. The first-order valence-corrected chi connectivity index (χ1v) is 6.88. The lowest BCUT2D eigenvalue weighted by Gasteiger charge is -2.33. The molecule has 1 heterocycles. The van der Waals surface area contributed by atoms with Crippen molar-refractivity contribution >= 4 is 0 Å². The van der Waals surface area contributed by atoms with Crippen LogP contribution >= 0.6 is 0 Å². The normalized spacial score (nSPS) is 21.6. The first-order chi connectivity index (χ1) is 8.38. The highest BCUT2D eigenvalue weighted by atomic mass is 15.2. The molecule has 2 heteroatoms. The quantitative estimate of drug-likeness (QED) is 0.839. The number of nitrogens with zero attached hydrogens (tertiary/aromatic N) is 1. The molecule has 17 heavy (non-hydrogen) atoms. The summed E-state index contributed by atoms with van der Waals surface area (Å²) in [4.78, 5) is 2.58. The lowest BCUT2D eigenvalue weighted by atomic mass is 10.0. The molecule has 2 rings (SSSR count). The second-order valence-electron chi connectivity index (χ2n) is 5.01. The van der Waals surface area contributed by atoms with Crippen LogP contribution in [0.25, 0.3) is 0 Å². The molecule has 0 bridgehead atoms. The molecule has 0 aromatic heterocycles. The van der Waals surface area contributed by atoms with E-state index in [1.54, 1.807) is 0 Å². The lowest BCUT2D eigenvalue weighted by Crippen LogP contribution is -2.45. The second-order valence-corrected chi connectivity index (χ2v) is 5.01.